The van der Waals surface area contributed by atoms with E-state index >= 15 is 0 Å². The number of aryl methyl sites for hydroxylation is 1. The van der Waals surface area contributed by atoms with Gasteiger partial charge in [0.05, 0.1) is 0 Å². The first-order chi connectivity index (χ1) is 13.2. The maximum Gasteiger partial charge on any atom is 0.221 e. The van der Waals surface area contributed by atoms with Crippen LogP contribution in [0.25, 0.3) is 10.9 Å². The largest absolute Gasteiger partial charge is 0.352 e. The summed E-state index contributed by atoms with van der Waals surface area (Å²) in [5.41, 5.74) is 3.52. The van der Waals surface area contributed by atoms with E-state index in [1.807, 2.05) is 30.3 Å². The van der Waals surface area contributed by atoms with Crippen LogP contribution in [0, 0.1) is 0 Å². The Balaban J connectivity index is 1.59. The Bertz CT molecular complexity index is 1030. The topological polar surface area (TPSA) is 34.0 Å². The summed E-state index contributed by atoms with van der Waals surface area (Å²) >= 11 is 1.71. The molecule has 136 valence electrons. The van der Waals surface area contributed by atoms with Crippen molar-refractivity contribution < 1.29 is 4.79 Å². The Morgan fingerprint density at radius 3 is 2.59 bits per heavy atom. The summed E-state index contributed by atoms with van der Waals surface area (Å²) < 4.78 is 2.15. The van der Waals surface area contributed by atoms with Crippen molar-refractivity contribution in [2.24, 2.45) is 7.05 Å². The Labute approximate surface area is 163 Å². The van der Waals surface area contributed by atoms with Crippen molar-refractivity contribution in [3.8, 4) is 0 Å². The van der Waals surface area contributed by atoms with E-state index in [1.54, 1.807) is 11.3 Å². The van der Waals surface area contributed by atoms with Gasteiger partial charge in [-0.1, -0.05) is 54.6 Å². The van der Waals surface area contributed by atoms with Crippen LogP contribution in [-0.4, -0.2) is 10.5 Å². The zero-order valence-electron chi connectivity index (χ0n) is 15.3. The second-order valence-corrected chi connectivity index (χ2v) is 7.73. The lowest BCUT2D eigenvalue weighted by molar-refractivity contribution is -0.121. The number of nitrogens with one attached hydrogen (secondary N) is 1. The van der Waals surface area contributed by atoms with E-state index in [0.717, 1.165) is 5.56 Å². The van der Waals surface area contributed by atoms with Crippen LogP contribution >= 0.6 is 11.3 Å². The van der Waals surface area contributed by atoms with Gasteiger partial charge in [-0.25, -0.2) is 0 Å². The molecule has 4 aromatic rings. The molecule has 0 aliphatic carbocycles. The van der Waals surface area contributed by atoms with Gasteiger partial charge < -0.3 is 9.88 Å². The van der Waals surface area contributed by atoms with E-state index in [2.05, 4.69) is 64.9 Å². The zero-order valence-corrected chi connectivity index (χ0v) is 16.1. The molecule has 0 fully saturated rings. The summed E-state index contributed by atoms with van der Waals surface area (Å²) in [6.07, 6.45) is 2.61. The Kier molecular flexibility index (Phi) is 5.07. The number of rotatable bonds is 6. The fourth-order valence-electron chi connectivity index (χ4n) is 3.56. The van der Waals surface area contributed by atoms with E-state index in [4.69, 9.17) is 0 Å². The minimum Gasteiger partial charge on any atom is -0.352 e. The van der Waals surface area contributed by atoms with Gasteiger partial charge >= 0.3 is 0 Å². The lowest BCUT2D eigenvalue weighted by Crippen LogP contribution is -2.24. The van der Waals surface area contributed by atoms with E-state index in [0.29, 0.717) is 13.0 Å². The fraction of sp³-hybridized carbons (Fsp3) is 0.174. The Morgan fingerprint density at radius 2 is 1.81 bits per heavy atom. The van der Waals surface area contributed by atoms with Gasteiger partial charge in [0, 0.05) is 47.9 Å². The second kappa shape index (κ2) is 7.80. The number of para-hydroxylation sites is 1. The molecule has 0 bridgehead atoms. The molecule has 0 aliphatic rings. The Hall–Kier alpha value is -2.85. The first kappa shape index (κ1) is 17.6. The van der Waals surface area contributed by atoms with Crippen LogP contribution in [0.2, 0.25) is 0 Å². The molecule has 27 heavy (non-hydrogen) atoms. The number of nitrogens with zero attached hydrogens (tertiary/aromatic N) is 1. The number of benzene rings is 2. The summed E-state index contributed by atoms with van der Waals surface area (Å²) in [4.78, 5) is 13.9. The normalized spacial score (nSPS) is 12.2. The van der Waals surface area contributed by atoms with Gasteiger partial charge in [0.15, 0.2) is 0 Å². The first-order valence-corrected chi connectivity index (χ1v) is 9.98. The SMILES string of the molecule is Cn1cc(C(CC(=O)NCc2ccccc2)c2cccs2)c2ccccc21. The molecule has 3 nitrogen and oxygen atoms in total. The van der Waals surface area contributed by atoms with Gasteiger partial charge in [0.2, 0.25) is 5.91 Å². The van der Waals surface area contributed by atoms with E-state index in [9.17, 15) is 4.79 Å². The standard InChI is InChI=1S/C23H22N2OS/c1-25-16-20(18-10-5-6-11-21(18)25)19(22-12-7-13-27-22)14-23(26)24-15-17-8-3-2-4-9-17/h2-13,16,19H,14-15H2,1H3,(H,24,26). The number of carbonyl (C=O) groups excluding carboxylic acids is 1. The van der Waals surface area contributed by atoms with Crippen molar-refractivity contribution >= 4 is 28.1 Å². The zero-order chi connectivity index (χ0) is 18.6. The number of hydrogen-bond acceptors (Lipinski definition) is 2. The van der Waals surface area contributed by atoms with Crippen LogP contribution < -0.4 is 5.32 Å². The summed E-state index contributed by atoms with van der Waals surface area (Å²) in [6.45, 7) is 0.562. The summed E-state index contributed by atoms with van der Waals surface area (Å²) in [5, 5.41) is 6.37. The molecule has 2 aromatic carbocycles. The quantitative estimate of drug-likeness (QED) is 0.502. The number of fused-ring (bicyclic) bond motifs is 1. The first-order valence-electron chi connectivity index (χ1n) is 9.10. The maximum atomic E-state index is 12.7. The van der Waals surface area contributed by atoms with E-state index in [-0.39, 0.29) is 11.8 Å². The molecular weight excluding hydrogens is 352 g/mol. The summed E-state index contributed by atoms with van der Waals surface area (Å²) in [7, 11) is 2.06. The van der Waals surface area contributed by atoms with Crippen LogP contribution in [0.5, 0.6) is 0 Å². The molecule has 0 saturated heterocycles. The van der Waals surface area contributed by atoms with E-state index < -0.39 is 0 Å². The van der Waals surface area contributed by atoms with Crippen LogP contribution in [0.3, 0.4) is 0 Å². The third-order valence-corrected chi connectivity index (χ3v) is 5.90. The Morgan fingerprint density at radius 1 is 1.04 bits per heavy atom. The van der Waals surface area contributed by atoms with Crippen molar-refractivity contribution in [2.45, 2.75) is 18.9 Å². The van der Waals surface area contributed by atoms with Crippen molar-refractivity contribution in [3.05, 3.63) is 94.3 Å². The highest BCUT2D eigenvalue weighted by Gasteiger charge is 2.22. The molecule has 0 aliphatic heterocycles. The van der Waals surface area contributed by atoms with Gasteiger partial charge in [-0.3, -0.25) is 4.79 Å². The minimum atomic E-state index is 0.0619. The highest BCUT2D eigenvalue weighted by molar-refractivity contribution is 7.10. The highest BCUT2D eigenvalue weighted by atomic mass is 32.1. The number of amides is 1. The molecule has 2 aromatic heterocycles. The third-order valence-electron chi connectivity index (χ3n) is 4.91. The third kappa shape index (κ3) is 3.81. The predicted molar refractivity (Wildman–Crippen MR) is 112 cm³/mol. The van der Waals surface area contributed by atoms with Gasteiger partial charge in [0.1, 0.15) is 0 Å². The lowest BCUT2D eigenvalue weighted by atomic mass is 9.93. The van der Waals surface area contributed by atoms with Crippen LogP contribution in [0.1, 0.15) is 28.3 Å². The van der Waals surface area contributed by atoms with Crippen LogP contribution in [0.15, 0.2) is 78.3 Å². The van der Waals surface area contributed by atoms with Gasteiger partial charge in [0.25, 0.3) is 0 Å². The highest BCUT2D eigenvalue weighted by Crippen LogP contribution is 2.36. The maximum absolute atomic E-state index is 12.7. The van der Waals surface area contributed by atoms with Crippen molar-refractivity contribution in [1.29, 1.82) is 0 Å². The summed E-state index contributed by atoms with van der Waals surface area (Å²) in [5.74, 6) is 0.136. The van der Waals surface area contributed by atoms with Gasteiger partial charge in [-0.05, 0) is 28.6 Å². The minimum absolute atomic E-state index is 0.0619. The molecule has 2 heterocycles. The number of carbonyl (C=O) groups is 1. The van der Waals surface area contributed by atoms with E-state index in [1.165, 1.54) is 21.3 Å². The number of thiophene rings is 1. The van der Waals surface area contributed by atoms with Crippen molar-refractivity contribution in [1.82, 2.24) is 9.88 Å². The molecule has 0 spiro atoms. The molecule has 1 unspecified atom stereocenters. The monoisotopic (exact) mass is 374 g/mol. The molecule has 4 rings (SSSR count). The molecule has 1 atom stereocenters. The van der Waals surface area contributed by atoms with Crippen LogP contribution in [-0.2, 0) is 18.4 Å². The molecule has 0 saturated carbocycles. The molecular formula is C23H22N2OS. The van der Waals surface area contributed by atoms with Crippen LogP contribution in [0.4, 0.5) is 0 Å². The molecule has 1 amide bonds. The lowest BCUT2D eigenvalue weighted by Gasteiger charge is -2.15. The number of hydrogen-bond donors (Lipinski definition) is 1. The number of aromatic nitrogens is 1. The summed E-state index contributed by atoms with van der Waals surface area (Å²) in [6, 6.07) is 22.6. The molecule has 4 heteroatoms. The van der Waals surface area contributed by atoms with Gasteiger partial charge in [-0.15, -0.1) is 11.3 Å². The average Bonchev–Trinajstić information content (AvgIpc) is 3.34. The average molecular weight is 375 g/mol. The second-order valence-electron chi connectivity index (χ2n) is 6.75. The smallest absolute Gasteiger partial charge is 0.221 e. The van der Waals surface area contributed by atoms with Gasteiger partial charge in [-0.2, -0.15) is 0 Å². The van der Waals surface area contributed by atoms with Crippen molar-refractivity contribution in [3.63, 3.8) is 0 Å². The molecule has 1 N–H and O–H groups in total. The predicted octanol–water partition coefficient (Wildman–Crippen LogP) is 5.08. The molecule has 0 radical (unpaired) electrons. The van der Waals surface area contributed by atoms with Crippen molar-refractivity contribution in [2.75, 3.05) is 0 Å². The fourth-order valence-corrected chi connectivity index (χ4v) is 4.40.